The molecule has 1 aliphatic rings. The van der Waals surface area contributed by atoms with Gasteiger partial charge in [-0.05, 0) is 28.1 Å². The zero-order valence-electron chi connectivity index (χ0n) is 8.66. The lowest BCUT2D eigenvalue weighted by Gasteiger charge is -2.30. The molecule has 1 aliphatic heterocycles. The molecule has 0 aliphatic carbocycles. The van der Waals surface area contributed by atoms with Gasteiger partial charge in [-0.3, -0.25) is 0 Å². The average Bonchev–Trinajstić information content (AvgIpc) is 2.30. The highest BCUT2D eigenvalue weighted by atomic mass is 79.9. The fraction of sp³-hybridized carbons (Fsp3) is 0.500. The lowest BCUT2D eigenvalue weighted by atomic mass is 10.3. The third-order valence-electron chi connectivity index (χ3n) is 2.46. The van der Waals surface area contributed by atoms with Crippen LogP contribution in [0.5, 0.6) is 5.88 Å². The molecule has 1 aromatic rings. The van der Waals surface area contributed by atoms with E-state index in [1.165, 1.54) is 0 Å². The number of ether oxygens (including phenoxy) is 1. The highest BCUT2D eigenvalue weighted by Crippen LogP contribution is 2.27. The molecule has 15 heavy (non-hydrogen) atoms. The molecule has 0 atom stereocenters. The monoisotopic (exact) mass is 271 g/mol. The van der Waals surface area contributed by atoms with Crippen molar-refractivity contribution < 1.29 is 4.74 Å². The maximum Gasteiger partial charge on any atom is 0.238 e. The lowest BCUT2D eigenvalue weighted by Crippen LogP contribution is -2.43. The van der Waals surface area contributed by atoms with E-state index in [4.69, 9.17) is 4.74 Å². The summed E-state index contributed by atoms with van der Waals surface area (Å²) >= 11 is 3.34. The van der Waals surface area contributed by atoms with Crippen molar-refractivity contribution in [1.82, 2.24) is 10.3 Å². The van der Waals surface area contributed by atoms with Crippen molar-refractivity contribution in [1.29, 1.82) is 0 Å². The number of rotatable bonds is 2. The summed E-state index contributed by atoms with van der Waals surface area (Å²) in [4.78, 5) is 6.59. The standard InChI is InChI=1S/C10H14BrN3O/c1-15-10-8(2-3-9(11)13-10)14-6-4-12-5-7-14/h2-3,12H,4-7H2,1H3. The van der Waals surface area contributed by atoms with Crippen molar-refractivity contribution >= 4 is 21.6 Å². The van der Waals surface area contributed by atoms with Gasteiger partial charge in [-0.1, -0.05) is 0 Å². The molecular formula is C10H14BrN3O. The van der Waals surface area contributed by atoms with E-state index in [1.807, 2.05) is 12.1 Å². The van der Waals surface area contributed by atoms with Gasteiger partial charge < -0.3 is 15.0 Å². The molecule has 1 saturated heterocycles. The number of nitrogens with zero attached hydrogens (tertiary/aromatic N) is 2. The molecule has 1 fully saturated rings. The van der Waals surface area contributed by atoms with Crippen LogP contribution in [0.25, 0.3) is 0 Å². The van der Waals surface area contributed by atoms with Crippen LogP contribution in [0.15, 0.2) is 16.7 Å². The number of anilines is 1. The minimum atomic E-state index is 0.686. The van der Waals surface area contributed by atoms with Crippen molar-refractivity contribution in [2.75, 3.05) is 38.2 Å². The molecular weight excluding hydrogens is 258 g/mol. The summed E-state index contributed by atoms with van der Waals surface area (Å²) in [5.74, 6) is 0.686. The van der Waals surface area contributed by atoms with E-state index < -0.39 is 0 Å². The Labute approximate surface area is 97.8 Å². The van der Waals surface area contributed by atoms with Crippen molar-refractivity contribution in [3.8, 4) is 5.88 Å². The Balaban J connectivity index is 2.25. The first-order valence-corrected chi connectivity index (χ1v) is 5.77. The summed E-state index contributed by atoms with van der Waals surface area (Å²) in [6, 6.07) is 3.99. The Hall–Kier alpha value is -0.810. The fourth-order valence-electron chi connectivity index (χ4n) is 1.71. The number of piperazine rings is 1. The van der Waals surface area contributed by atoms with Gasteiger partial charge in [-0.2, -0.15) is 0 Å². The minimum Gasteiger partial charge on any atom is -0.479 e. The second-order valence-electron chi connectivity index (χ2n) is 3.40. The highest BCUT2D eigenvalue weighted by molar-refractivity contribution is 9.10. The van der Waals surface area contributed by atoms with Gasteiger partial charge in [0, 0.05) is 26.2 Å². The molecule has 4 nitrogen and oxygen atoms in total. The Morgan fingerprint density at radius 2 is 2.13 bits per heavy atom. The maximum atomic E-state index is 5.28. The van der Waals surface area contributed by atoms with E-state index in [9.17, 15) is 0 Å². The molecule has 82 valence electrons. The summed E-state index contributed by atoms with van der Waals surface area (Å²) in [6.45, 7) is 4.03. The lowest BCUT2D eigenvalue weighted by molar-refractivity contribution is 0.395. The predicted molar refractivity (Wildman–Crippen MR) is 63.6 cm³/mol. The molecule has 0 radical (unpaired) electrons. The molecule has 0 aromatic carbocycles. The van der Waals surface area contributed by atoms with E-state index in [0.717, 1.165) is 36.5 Å². The number of halogens is 1. The fourth-order valence-corrected chi connectivity index (χ4v) is 2.00. The van der Waals surface area contributed by atoms with E-state index in [0.29, 0.717) is 5.88 Å². The van der Waals surface area contributed by atoms with Crippen LogP contribution in [0.3, 0.4) is 0 Å². The van der Waals surface area contributed by atoms with E-state index in [1.54, 1.807) is 7.11 Å². The Morgan fingerprint density at radius 1 is 1.40 bits per heavy atom. The van der Waals surface area contributed by atoms with Gasteiger partial charge in [0.25, 0.3) is 0 Å². The topological polar surface area (TPSA) is 37.4 Å². The Bertz CT molecular complexity index is 339. The second kappa shape index (κ2) is 4.81. The van der Waals surface area contributed by atoms with Crippen LogP contribution in [0.4, 0.5) is 5.69 Å². The predicted octanol–water partition coefficient (Wildman–Crippen LogP) is 1.26. The number of hydrogen-bond donors (Lipinski definition) is 1. The smallest absolute Gasteiger partial charge is 0.238 e. The third-order valence-corrected chi connectivity index (χ3v) is 2.90. The van der Waals surface area contributed by atoms with E-state index in [-0.39, 0.29) is 0 Å². The molecule has 0 amide bonds. The summed E-state index contributed by atoms with van der Waals surface area (Å²) in [6.07, 6.45) is 0. The van der Waals surface area contributed by atoms with E-state index in [2.05, 4.69) is 31.1 Å². The molecule has 5 heteroatoms. The molecule has 0 saturated carbocycles. The van der Waals surface area contributed by atoms with Crippen LogP contribution >= 0.6 is 15.9 Å². The normalized spacial score (nSPS) is 16.5. The van der Waals surface area contributed by atoms with Crippen molar-refractivity contribution in [2.45, 2.75) is 0 Å². The Morgan fingerprint density at radius 3 is 2.80 bits per heavy atom. The van der Waals surface area contributed by atoms with Gasteiger partial charge in [0.1, 0.15) is 10.3 Å². The Kier molecular flexibility index (Phi) is 3.43. The van der Waals surface area contributed by atoms with Crippen LogP contribution in [-0.2, 0) is 0 Å². The van der Waals surface area contributed by atoms with Gasteiger partial charge in [0.2, 0.25) is 5.88 Å². The zero-order chi connectivity index (χ0) is 10.7. The zero-order valence-corrected chi connectivity index (χ0v) is 10.2. The summed E-state index contributed by atoms with van der Waals surface area (Å²) in [5.41, 5.74) is 1.07. The number of aromatic nitrogens is 1. The number of hydrogen-bond acceptors (Lipinski definition) is 4. The molecule has 2 rings (SSSR count). The van der Waals surface area contributed by atoms with Crippen molar-refractivity contribution in [3.63, 3.8) is 0 Å². The first-order valence-electron chi connectivity index (χ1n) is 4.97. The van der Waals surface area contributed by atoms with Gasteiger partial charge in [-0.15, -0.1) is 0 Å². The van der Waals surface area contributed by atoms with Gasteiger partial charge >= 0.3 is 0 Å². The maximum absolute atomic E-state index is 5.28. The number of methoxy groups -OCH3 is 1. The highest BCUT2D eigenvalue weighted by Gasteiger charge is 2.15. The quantitative estimate of drug-likeness (QED) is 0.822. The number of pyridine rings is 1. The summed E-state index contributed by atoms with van der Waals surface area (Å²) < 4.78 is 6.08. The van der Waals surface area contributed by atoms with Crippen molar-refractivity contribution in [3.05, 3.63) is 16.7 Å². The van der Waals surface area contributed by atoms with Crippen LogP contribution in [0.1, 0.15) is 0 Å². The second-order valence-corrected chi connectivity index (χ2v) is 4.21. The SMILES string of the molecule is COc1nc(Br)ccc1N1CCNCC1. The first kappa shape index (κ1) is 10.7. The number of nitrogens with one attached hydrogen (secondary N) is 1. The van der Waals surface area contributed by atoms with Gasteiger partial charge in [-0.25, -0.2) is 4.98 Å². The molecule has 1 aromatic heterocycles. The van der Waals surface area contributed by atoms with Crippen LogP contribution < -0.4 is 15.0 Å². The largest absolute Gasteiger partial charge is 0.479 e. The molecule has 0 bridgehead atoms. The molecule has 0 unspecified atom stereocenters. The molecule has 2 heterocycles. The summed E-state index contributed by atoms with van der Waals surface area (Å²) in [7, 11) is 1.65. The molecule has 0 spiro atoms. The summed E-state index contributed by atoms with van der Waals surface area (Å²) in [5, 5.41) is 3.32. The van der Waals surface area contributed by atoms with Crippen molar-refractivity contribution in [2.24, 2.45) is 0 Å². The minimum absolute atomic E-state index is 0.686. The van der Waals surface area contributed by atoms with E-state index >= 15 is 0 Å². The first-order chi connectivity index (χ1) is 7.31. The molecule has 1 N–H and O–H groups in total. The van der Waals surface area contributed by atoms with Crippen LogP contribution in [0, 0.1) is 0 Å². The third kappa shape index (κ3) is 2.41. The van der Waals surface area contributed by atoms with Crippen LogP contribution in [-0.4, -0.2) is 38.3 Å². The van der Waals surface area contributed by atoms with Crippen LogP contribution in [0.2, 0.25) is 0 Å². The average molecular weight is 272 g/mol. The van der Waals surface area contributed by atoms with Gasteiger partial charge in [0.15, 0.2) is 0 Å². The van der Waals surface area contributed by atoms with Gasteiger partial charge in [0.05, 0.1) is 7.11 Å².